The lowest BCUT2D eigenvalue weighted by molar-refractivity contribution is -0.127. The van der Waals surface area contributed by atoms with Crippen molar-refractivity contribution in [2.45, 2.75) is 26.2 Å². The number of rotatable bonds is 4. The van der Waals surface area contributed by atoms with Crippen LogP contribution in [0.2, 0.25) is 5.02 Å². The van der Waals surface area contributed by atoms with Gasteiger partial charge in [0.15, 0.2) is 0 Å². The average molecular weight is 294 g/mol. The van der Waals surface area contributed by atoms with Gasteiger partial charge in [-0.2, -0.15) is 0 Å². The number of hydrogen-bond donors (Lipinski definition) is 1. The summed E-state index contributed by atoms with van der Waals surface area (Å²) in [6.07, 6.45) is 3.00. The SMILES string of the molecule is CCCC1CC(=O)N(CN2CNc3ccc(Cl)cc32)C1. The van der Waals surface area contributed by atoms with Crippen LogP contribution in [0.3, 0.4) is 0 Å². The van der Waals surface area contributed by atoms with Gasteiger partial charge in [0.05, 0.1) is 24.7 Å². The molecule has 1 amide bonds. The highest BCUT2D eigenvalue weighted by atomic mass is 35.5. The maximum absolute atomic E-state index is 12.1. The lowest BCUT2D eigenvalue weighted by Gasteiger charge is -2.25. The van der Waals surface area contributed by atoms with E-state index in [-0.39, 0.29) is 5.91 Å². The monoisotopic (exact) mass is 293 g/mol. The van der Waals surface area contributed by atoms with Crippen molar-refractivity contribution in [1.29, 1.82) is 0 Å². The number of carbonyl (C=O) groups excluding carboxylic acids is 1. The molecule has 3 rings (SSSR count). The minimum Gasteiger partial charge on any atom is -0.366 e. The lowest BCUT2D eigenvalue weighted by atomic mass is 10.0. The van der Waals surface area contributed by atoms with Gasteiger partial charge in [0.25, 0.3) is 0 Å². The van der Waals surface area contributed by atoms with Crippen LogP contribution in [0.25, 0.3) is 0 Å². The van der Waals surface area contributed by atoms with Crippen molar-refractivity contribution < 1.29 is 4.79 Å². The molecule has 4 nitrogen and oxygen atoms in total. The van der Waals surface area contributed by atoms with Crippen LogP contribution < -0.4 is 10.2 Å². The molecular formula is C15H20ClN3O. The number of amides is 1. The van der Waals surface area contributed by atoms with Gasteiger partial charge >= 0.3 is 0 Å². The van der Waals surface area contributed by atoms with E-state index in [0.29, 0.717) is 19.0 Å². The van der Waals surface area contributed by atoms with Crippen LogP contribution >= 0.6 is 11.6 Å². The number of nitrogens with one attached hydrogen (secondary N) is 1. The summed E-state index contributed by atoms with van der Waals surface area (Å²) in [6.45, 7) is 4.45. The number of likely N-dealkylation sites (tertiary alicyclic amines) is 1. The van der Waals surface area contributed by atoms with Crippen LogP contribution in [0.1, 0.15) is 26.2 Å². The predicted octanol–water partition coefficient (Wildman–Crippen LogP) is 3.14. The highest BCUT2D eigenvalue weighted by Gasteiger charge is 2.31. The molecule has 108 valence electrons. The van der Waals surface area contributed by atoms with Gasteiger partial charge in [-0.05, 0) is 30.5 Å². The van der Waals surface area contributed by atoms with Gasteiger partial charge in [-0.1, -0.05) is 24.9 Å². The van der Waals surface area contributed by atoms with E-state index in [9.17, 15) is 4.79 Å². The zero-order chi connectivity index (χ0) is 14.1. The van der Waals surface area contributed by atoms with Gasteiger partial charge in [0.1, 0.15) is 0 Å². The maximum atomic E-state index is 12.1. The van der Waals surface area contributed by atoms with Crippen molar-refractivity contribution in [2.75, 3.05) is 30.1 Å². The highest BCUT2D eigenvalue weighted by Crippen LogP contribution is 2.34. The van der Waals surface area contributed by atoms with Crippen molar-refractivity contribution in [2.24, 2.45) is 5.92 Å². The Morgan fingerprint density at radius 3 is 3.05 bits per heavy atom. The van der Waals surface area contributed by atoms with Crippen molar-refractivity contribution in [3.8, 4) is 0 Å². The van der Waals surface area contributed by atoms with E-state index in [1.165, 1.54) is 0 Å². The number of fused-ring (bicyclic) bond motifs is 1. The van der Waals surface area contributed by atoms with Crippen LogP contribution in [0, 0.1) is 5.92 Å². The molecule has 1 aromatic rings. The fourth-order valence-electron chi connectivity index (χ4n) is 3.11. The third-order valence-electron chi connectivity index (χ3n) is 4.09. The molecule has 0 bridgehead atoms. The molecule has 0 aliphatic carbocycles. The largest absolute Gasteiger partial charge is 0.366 e. The minimum absolute atomic E-state index is 0.277. The highest BCUT2D eigenvalue weighted by molar-refractivity contribution is 6.31. The second-order valence-electron chi connectivity index (χ2n) is 5.65. The molecule has 0 aromatic heterocycles. The third kappa shape index (κ3) is 2.57. The van der Waals surface area contributed by atoms with E-state index in [2.05, 4.69) is 17.1 Å². The maximum Gasteiger partial charge on any atom is 0.224 e. The summed E-state index contributed by atoms with van der Waals surface area (Å²) in [6, 6.07) is 5.83. The smallest absolute Gasteiger partial charge is 0.224 e. The number of hydrogen-bond acceptors (Lipinski definition) is 3. The number of nitrogens with zero attached hydrogens (tertiary/aromatic N) is 2. The molecule has 1 unspecified atom stereocenters. The first-order chi connectivity index (χ1) is 9.67. The molecule has 20 heavy (non-hydrogen) atoms. The molecule has 1 saturated heterocycles. The van der Waals surface area contributed by atoms with Gasteiger partial charge in [0.2, 0.25) is 5.91 Å². The predicted molar refractivity (Wildman–Crippen MR) is 82.0 cm³/mol. The number of carbonyl (C=O) groups is 1. The van der Waals surface area contributed by atoms with Crippen molar-refractivity contribution in [3.05, 3.63) is 23.2 Å². The minimum atomic E-state index is 0.277. The van der Waals surface area contributed by atoms with E-state index < -0.39 is 0 Å². The fourth-order valence-corrected chi connectivity index (χ4v) is 3.27. The van der Waals surface area contributed by atoms with E-state index in [1.807, 2.05) is 23.1 Å². The molecule has 2 aliphatic heterocycles. The van der Waals surface area contributed by atoms with Gasteiger partial charge in [-0.25, -0.2) is 0 Å². The summed E-state index contributed by atoms with van der Waals surface area (Å²) >= 11 is 6.06. The van der Waals surface area contributed by atoms with Gasteiger partial charge in [0, 0.05) is 18.0 Å². The Morgan fingerprint density at radius 1 is 1.40 bits per heavy atom. The second-order valence-corrected chi connectivity index (χ2v) is 6.09. The summed E-state index contributed by atoms with van der Waals surface area (Å²) in [4.78, 5) is 16.2. The summed E-state index contributed by atoms with van der Waals surface area (Å²) in [5, 5.41) is 4.06. The lowest BCUT2D eigenvalue weighted by Crippen LogP contribution is -2.38. The summed E-state index contributed by atoms with van der Waals surface area (Å²) in [7, 11) is 0. The zero-order valence-corrected chi connectivity index (χ0v) is 12.5. The Bertz CT molecular complexity index is 520. The molecule has 5 heteroatoms. The Labute approximate surface area is 124 Å². The fraction of sp³-hybridized carbons (Fsp3) is 0.533. The van der Waals surface area contributed by atoms with Crippen LogP contribution in [-0.4, -0.2) is 30.7 Å². The summed E-state index contributed by atoms with van der Waals surface area (Å²) in [5.41, 5.74) is 2.18. The Balaban J connectivity index is 1.68. The Kier molecular flexibility index (Phi) is 3.74. The first-order valence-electron chi connectivity index (χ1n) is 7.23. The van der Waals surface area contributed by atoms with Crippen molar-refractivity contribution >= 4 is 28.9 Å². The first kappa shape index (κ1) is 13.6. The van der Waals surface area contributed by atoms with Crippen LogP contribution in [-0.2, 0) is 4.79 Å². The van der Waals surface area contributed by atoms with Gasteiger partial charge in [-0.15, -0.1) is 0 Å². The van der Waals surface area contributed by atoms with Gasteiger partial charge < -0.3 is 15.1 Å². The molecule has 2 aliphatic rings. The van der Waals surface area contributed by atoms with Crippen molar-refractivity contribution in [1.82, 2.24) is 4.90 Å². The molecule has 0 saturated carbocycles. The number of anilines is 2. The van der Waals surface area contributed by atoms with E-state index in [0.717, 1.165) is 42.5 Å². The summed E-state index contributed by atoms with van der Waals surface area (Å²) < 4.78 is 0. The number of halogens is 1. The number of benzene rings is 1. The topological polar surface area (TPSA) is 35.6 Å². The molecule has 2 heterocycles. The van der Waals surface area contributed by atoms with Crippen LogP contribution in [0.5, 0.6) is 0 Å². The quantitative estimate of drug-likeness (QED) is 0.926. The van der Waals surface area contributed by atoms with E-state index in [4.69, 9.17) is 11.6 Å². The van der Waals surface area contributed by atoms with Gasteiger partial charge in [-0.3, -0.25) is 4.79 Å². The van der Waals surface area contributed by atoms with E-state index >= 15 is 0 Å². The zero-order valence-electron chi connectivity index (χ0n) is 11.7. The summed E-state index contributed by atoms with van der Waals surface area (Å²) in [5.74, 6) is 0.806. The molecule has 0 spiro atoms. The molecule has 1 atom stereocenters. The molecule has 1 aromatic carbocycles. The normalized spacial score (nSPS) is 21.3. The van der Waals surface area contributed by atoms with Crippen molar-refractivity contribution in [3.63, 3.8) is 0 Å². The Morgan fingerprint density at radius 2 is 2.25 bits per heavy atom. The van der Waals surface area contributed by atoms with Crippen LogP contribution in [0.4, 0.5) is 11.4 Å². The standard InChI is InChI=1S/C15H20ClN3O/c1-2-3-11-6-15(20)18(8-11)10-19-9-17-13-5-4-12(16)7-14(13)19/h4-5,7,11,17H,2-3,6,8-10H2,1H3. The molecular weight excluding hydrogens is 274 g/mol. The average Bonchev–Trinajstić information content (AvgIpc) is 2.95. The second kappa shape index (κ2) is 5.52. The van der Waals surface area contributed by atoms with E-state index in [1.54, 1.807) is 0 Å². The molecule has 1 N–H and O–H groups in total. The molecule has 0 radical (unpaired) electrons. The third-order valence-corrected chi connectivity index (χ3v) is 4.33. The first-order valence-corrected chi connectivity index (χ1v) is 7.61. The Hall–Kier alpha value is -1.42. The molecule has 1 fully saturated rings. The van der Waals surface area contributed by atoms with Crippen LogP contribution in [0.15, 0.2) is 18.2 Å².